The minimum absolute atomic E-state index is 0.243. The summed E-state index contributed by atoms with van der Waals surface area (Å²) in [5, 5.41) is 8.39. The fourth-order valence-electron chi connectivity index (χ4n) is 1.80. The predicted molar refractivity (Wildman–Crippen MR) is 75.4 cm³/mol. The van der Waals surface area contributed by atoms with E-state index >= 15 is 0 Å². The highest BCUT2D eigenvalue weighted by Crippen LogP contribution is 2.08. The van der Waals surface area contributed by atoms with Crippen LogP contribution in [0.2, 0.25) is 0 Å². The number of rotatable bonds is 13. The molecule has 0 amide bonds. The molecule has 20 heavy (non-hydrogen) atoms. The molecule has 0 fully saturated rings. The van der Waals surface area contributed by atoms with Crippen LogP contribution in [-0.4, -0.2) is 29.4 Å². The van der Waals surface area contributed by atoms with Gasteiger partial charge in [0.05, 0.1) is 13.0 Å². The van der Waals surface area contributed by atoms with Gasteiger partial charge in [-0.3, -0.25) is 9.59 Å². The lowest BCUT2D eigenvalue weighted by molar-refractivity contribution is -0.154. The van der Waals surface area contributed by atoms with Crippen molar-refractivity contribution in [1.82, 2.24) is 0 Å². The van der Waals surface area contributed by atoms with E-state index in [-0.39, 0.29) is 19.4 Å². The second-order valence-electron chi connectivity index (χ2n) is 4.93. The first kappa shape index (κ1) is 18.6. The first-order valence-corrected chi connectivity index (χ1v) is 7.49. The highest BCUT2D eigenvalue weighted by molar-refractivity contribution is 6.33. The minimum atomic E-state index is -1.09. The van der Waals surface area contributed by atoms with E-state index in [0.717, 1.165) is 19.3 Å². The number of carboxylic acids is 1. The molecule has 5 nitrogen and oxygen atoms in total. The Labute approximate surface area is 120 Å². The lowest BCUT2D eigenvalue weighted by atomic mass is 10.1. The van der Waals surface area contributed by atoms with E-state index in [1.54, 1.807) is 0 Å². The largest absolute Gasteiger partial charge is 0.481 e. The van der Waals surface area contributed by atoms with E-state index in [9.17, 15) is 14.4 Å². The molecule has 0 saturated carbocycles. The second kappa shape index (κ2) is 12.6. The van der Waals surface area contributed by atoms with Crippen LogP contribution < -0.4 is 0 Å². The van der Waals surface area contributed by atoms with Crippen LogP contribution in [0.25, 0.3) is 0 Å². The predicted octanol–water partition coefficient (Wildman–Crippen LogP) is 3.10. The van der Waals surface area contributed by atoms with Gasteiger partial charge in [-0.2, -0.15) is 0 Å². The third-order valence-electron chi connectivity index (χ3n) is 3.02. The zero-order valence-electron chi connectivity index (χ0n) is 12.4. The number of Topliss-reactive ketones (excluding diaryl/α,β-unsaturated/α-hetero) is 1. The van der Waals surface area contributed by atoms with Crippen LogP contribution in [0, 0.1) is 0 Å². The highest BCUT2D eigenvalue weighted by Gasteiger charge is 2.16. The molecule has 0 bridgehead atoms. The number of carboxylic acid groups (broad SMARTS) is 1. The van der Waals surface area contributed by atoms with Gasteiger partial charge in [0.25, 0.3) is 0 Å². The van der Waals surface area contributed by atoms with E-state index in [1.165, 1.54) is 32.1 Å². The summed E-state index contributed by atoms with van der Waals surface area (Å²) in [4.78, 5) is 32.6. The van der Waals surface area contributed by atoms with Gasteiger partial charge in [-0.15, -0.1) is 0 Å². The number of carbonyl (C=O) groups excluding carboxylic acids is 2. The highest BCUT2D eigenvalue weighted by atomic mass is 16.5. The smallest absolute Gasteiger partial charge is 0.374 e. The maximum Gasteiger partial charge on any atom is 0.374 e. The standard InChI is InChI=1S/C15H26O5/c1-2-3-4-5-6-7-8-9-12-20-15(19)13(16)10-11-14(17)18/h2-12H2,1H3,(H,17,18). The summed E-state index contributed by atoms with van der Waals surface area (Å²) < 4.78 is 4.80. The molecule has 0 aromatic carbocycles. The van der Waals surface area contributed by atoms with E-state index < -0.39 is 17.7 Å². The van der Waals surface area contributed by atoms with Crippen molar-refractivity contribution in [3.63, 3.8) is 0 Å². The molecule has 0 radical (unpaired) electrons. The molecule has 0 atom stereocenters. The van der Waals surface area contributed by atoms with E-state index in [2.05, 4.69) is 6.92 Å². The average Bonchev–Trinajstić information content (AvgIpc) is 2.42. The van der Waals surface area contributed by atoms with E-state index in [0.29, 0.717) is 0 Å². The number of hydrogen-bond donors (Lipinski definition) is 1. The number of carbonyl (C=O) groups is 3. The van der Waals surface area contributed by atoms with Crippen molar-refractivity contribution >= 4 is 17.7 Å². The molecule has 116 valence electrons. The summed E-state index contributed by atoms with van der Waals surface area (Å²) in [6.45, 7) is 2.43. The zero-order valence-corrected chi connectivity index (χ0v) is 12.4. The van der Waals surface area contributed by atoms with Gasteiger partial charge < -0.3 is 9.84 Å². The molecule has 0 aliphatic rings. The van der Waals surface area contributed by atoms with Crippen molar-refractivity contribution in [1.29, 1.82) is 0 Å². The number of unbranched alkanes of at least 4 members (excludes halogenated alkanes) is 7. The molecule has 5 heteroatoms. The second-order valence-corrected chi connectivity index (χ2v) is 4.93. The lowest BCUT2D eigenvalue weighted by Crippen LogP contribution is -2.18. The van der Waals surface area contributed by atoms with Gasteiger partial charge in [-0.25, -0.2) is 4.79 Å². The number of ether oxygens (including phenoxy) is 1. The summed E-state index contributed by atoms with van der Waals surface area (Å²) in [6.07, 6.45) is 8.51. The topological polar surface area (TPSA) is 80.7 Å². The molecule has 0 aromatic heterocycles. The van der Waals surface area contributed by atoms with E-state index in [4.69, 9.17) is 9.84 Å². The molecule has 1 N–H and O–H groups in total. The number of esters is 1. The monoisotopic (exact) mass is 286 g/mol. The number of ketones is 1. The van der Waals surface area contributed by atoms with Gasteiger partial charge in [-0.1, -0.05) is 51.9 Å². The summed E-state index contributed by atoms with van der Waals surface area (Å²) >= 11 is 0. The summed E-state index contributed by atoms with van der Waals surface area (Å²) in [5.41, 5.74) is 0. The van der Waals surface area contributed by atoms with Crippen molar-refractivity contribution in [3.05, 3.63) is 0 Å². The molecule has 0 aromatic rings. The van der Waals surface area contributed by atoms with Gasteiger partial charge in [0.1, 0.15) is 0 Å². The molecular formula is C15H26O5. The molecular weight excluding hydrogens is 260 g/mol. The van der Waals surface area contributed by atoms with Crippen LogP contribution in [0.15, 0.2) is 0 Å². The fraction of sp³-hybridized carbons (Fsp3) is 0.800. The maximum absolute atomic E-state index is 11.2. The quantitative estimate of drug-likeness (QED) is 0.319. The van der Waals surface area contributed by atoms with Crippen LogP contribution in [0.4, 0.5) is 0 Å². The van der Waals surface area contributed by atoms with Crippen molar-refractivity contribution in [2.75, 3.05) is 6.61 Å². The van der Waals surface area contributed by atoms with Crippen molar-refractivity contribution in [3.8, 4) is 0 Å². The molecule has 0 aliphatic carbocycles. The molecule has 0 heterocycles. The SMILES string of the molecule is CCCCCCCCCCOC(=O)C(=O)CCC(=O)O. The molecule has 0 saturated heterocycles. The minimum Gasteiger partial charge on any atom is -0.481 e. The molecule has 0 unspecified atom stereocenters. The Kier molecular flexibility index (Phi) is 11.8. The summed E-state index contributed by atoms with van der Waals surface area (Å²) in [6, 6.07) is 0. The summed E-state index contributed by atoms with van der Waals surface area (Å²) in [7, 11) is 0. The number of hydrogen-bond acceptors (Lipinski definition) is 4. The Hall–Kier alpha value is -1.39. The molecule has 0 rings (SSSR count). The van der Waals surface area contributed by atoms with Crippen LogP contribution in [-0.2, 0) is 19.1 Å². The van der Waals surface area contributed by atoms with Crippen LogP contribution in [0.1, 0.15) is 71.1 Å². The fourth-order valence-corrected chi connectivity index (χ4v) is 1.80. The zero-order chi connectivity index (χ0) is 15.2. The van der Waals surface area contributed by atoms with Gasteiger partial charge in [0, 0.05) is 6.42 Å². The van der Waals surface area contributed by atoms with Gasteiger partial charge in [0.15, 0.2) is 0 Å². The third kappa shape index (κ3) is 11.7. The molecule has 0 aliphatic heterocycles. The first-order chi connectivity index (χ1) is 9.57. The lowest BCUT2D eigenvalue weighted by Gasteiger charge is -2.04. The van der Waals surface area contributed by atoms with Crippen molar-refractivity contribution in [2.45, 2.75) is 71.1 Å². The maximum atomic E-state index is 11.2. The third-order valence-corrected chi connectivity index (χ3v) is 3.02. The van der Waals surface area contributed by atoms with Crippen LogP contribution in [0.5, 0.6) is 0 Å². The Balaban J connectivity index is 3.39. The van der Waals surface area contributed by atoms with Gasteiger partial charge in [-0.05, 0) is 6.42 Å². The Bertz CT molecular complexity index is 299. The average molecular weight is 286 g/mol. The van der Waals surface area contributed by atoms with Crippen molar-refractivity contribution in [2.24, 2.45) is 0 Å². The first-order valence-electron chi connectivity index (χ1n) is 7.49. The molecule has 0 spiro atoms. The van der Waals surface area contributed by atoms with Crippen molar-refractivity contribution < 1.29 is 24.2 Å². The van der Waals surface area contributed by atoms with Crippen LogP contribution >= 0.6 is 0 Å². The Morgan fingerprint density at radius 2 is 1.40 bits per heavy atom. The van der Waals surface area contributed by atoms with Gasteiger partial charge >= 0.3 is 11.9 Å². The van der Waals surface area contributed by atoms with E-state index in [1.807, 2.05) is 0 Å². The number of aliphatic carboxylic acids is 1. The van der Waals surface area contributed by atoms with Gasteiger partial charge in [0.2, 0.25) is 5.78 Å². The summed E-state index contributed by atoms with van der Waals surface area (Å²) in [5.74, 6) is -2.75. The normalized spacial score (nSPS) is 10.2. The Morgan fingerprint density at radius 1 is 0.850 bits per heavy atom. The Morgan fingerprint density at radius 3 is 1.95 bits per heavy atom. The van der Waals surface area contributed by atoms with Crippen LogP contribution in [0.3, 0.4) is 0 Å².